The van der Waals surface area contributed by atoms with E-state index in [1.54, 1.807) is 12.1 Å². The molecule has 14 heteroatoms. The Bertz CT molecular complexity index is 1480. The van der Waals surface area contributed by atoms with Gasteiger partial charge >= 0.3 is 5.97 Å². The molecular weight excluding hydrogens is 564 g/mol. The minimum Gasteiger partial charge on any atom is -0.493 e. The number of carbonyl (C=O) groups excluding carboxylic acids is 3. The van der Waals surface area contributed by atoms with Gasteiger partial charge < -0.3 is 29.0 Å². The summed E-state index contributed by atoms with van der Waals surface area (Å²) >= 11 is 0. The molecule has 0 spiro atoms. The zero-order valence-corrected chi connectivity index (χ0v) is 23.9. The van der Waals surface area contributed by atoms with E-state index in [1.807, 2.05) is 0 Å². The van der Waals surface area contributed by atoms with Crippen LogP contribution in [-0.2, 0) is 4.79 Å². The predicted octanol–water partition coefficient (Wildman–Crippen LogP) is 3.51. The van der Waals surface area contributed by atoms with E-state index in [0.717, 1.165) is 0 Å². The predicted molar refractivity (Wildman–Crippen MR) is 154 cm³/mol. The number of hydrazone groups is 1. The molecule has 226 valence electrons. The summed E-state index contributed by atoms with van der Waals surface area (Å²) in [5.41, 5.74) is 3.28. The Labute approximate surface area is 246 Å². The van der Waals surface area contributed by atoms with Crippen molar-refractivity contribution in [3.8, 4) is 28.7 Å². The van der Waals surface area contributed by atoms with Crippen LogP contribution in [0, 0.1) is 10.1 Å². The normalized spacial score (nSPS) is 10.5. The van der Waals surface area contributed by atoms with Gasteiger partial charge in [0.15, 0.2) is 23.0 Å². The molecule has 0 saturated carbocycles. The molecule has 0 atom stereocenters. The third-order valence-electron chi connectivity index (χ3n) is 5.90. The largest absolute Gasteiger partial charge is 0.493 e. The van der Waals surface area contributed by atoms with E-state index in [0.29, 0.717) is 29.2 Å². The third kappa shape index (κ3) is 8.66. The van der Waals surface area contributed by atoms with Gasteiger partial charge in [-0.15, -0.1) is 0 Å². The Morgan fingerprint density at radius 3 is 2.07 bits per heavy atom. The molecule has 43 heavy (non-hydrogen) atoms. The maximum Gasteiger partial charge on any atom is 0.343 e. The molecule has 14 nitrogen and oxygen atoms in total. The van der Waals surface area contributed by atoms with Gasteiger partial charge in [-0.25, -0.2) is 10.2 Å². The number of rotatable bonds is 14. The van der Waals surface area contributed by atoms with Gasteiger partial charge in [-0.2, -0.15) is 5.10 Å². The number of esters is 1. The quantitative estimate of drug-likeness (QED) is 0.0701. The summed E-state index contributed by atoms with van der Waals surface area (Å²) in [6.45, 7) is 0.223. The van der Waals surface area contributed by atoms with Crippen LogP contribution >= 0.6 is 0 Å². The Hall–Kier alpha value is -5.66. The van der Waals surface area contributed by atoms with Crippen molar-refractivity contribution in [1.29, 1.82) is 0 Å². The molecule has 0 aliphatic rings. The first kappa shape index (κ1) is 31.9. The number of benzene rings is 3. The van der Waals surface area contributed by atoms with Crippen molar-refractivity contribution in [3.05, 3.63) is 81.4 Å². The maximum atomic E-state index is 12.9. The molecule has 0 aliphatic carbocycles. The second kappa shape index (κ2) is 15.4. The number of carbonyl (C=O) groups is 3. The molecule has 3 aromatic carbocycles. The zero-order chi connectivity index (χ0) is 31.4. The Morgan fingerprint density at radius 2 is 1.49 bits per heavy atom. The van der Waals surface area contributed by atoms with Crippen molar-refractivity contribution in [2.45, 2.75) is 12.8 Å². The zero-order valence-electron chi connectivity index (χ0n) is 23.9. The molecule has 0 radical (unpaired) electrons. The molecule has 3 aromatic rings. The highest BCUT2D eigenvalue weighted by Gasteiger charge is 2.20. The molecule has 0 heterocycles. The average molecular weight is 595 g/mol. The number of ether oxygens (including phenoxy) is 5. The molecule has 3 rings (SSSR count). The molecule has 0 saturated heterocycles. The molecule has 0 aliphatic heterocycles. The van der Waals surface area contributed by atoms with Crippen LogP contribution in [0.2, 0.25) is 0 Å². The number of nitro groups is 1. The molecular formula is C29H30N4O10. The number of amides is 2. The lowest BCUT2D eigenvalue weighted by Crippen LogP contribution is -2.26. The lowest BCUT2D eigenvalue weighted by molar-refractivity contribution is -0.384. The van der Waals surface area contributed by atoms with Crippen LogP contribution < -0.4 is 34.4 Å². The fraction of sp³-hybridized carbons (Fsp3) is 0.241. The van der Waals surface area contributed by atoms with Crippen LogP contribution in [0.5, 0.6) is 28.7 Å². The highest BCUT2D eigenvalue weighted by molar-refractivity contribution is 5.94. The van der Waals surface area contributed by atoms with E-state index in [4.69, 9.17) is 23.7 Å². The number of nitro benzene ring substituents is 1. The number of nitrogens with one attached hydrogen (secondary N) is 2. The summed E-state index contributed by atoms with van der Waals surface area (Å²) in [4.78, 5) is 47.2. The summed E-state index contributed by atoms with van der Waals surface area (Å²) in [7, 11) is 5.74. The van der Waals surface area contributed by atoms with E-state index >= 15 is 0 Å². The van der Waals surface area contributed by atoms with Crippen molar-refractivity contribution in [2.24, 2.45) is 5.10 Å². The average Bonchev–Trinajstić information content (AvgIpc) is 3.02. The smallest absolute Gasteiger partial charge is 0.343 e. The highest BCUT2D eigenvalue weighted by atomic mass is 16.6. The van der Waals surface area contributed by atoms with Crippen LogP contribution in [0.25, 0.3) is 0 Å². The van der Waals surface area contributed by atoms with Crippen molar-refractivity contribution < 1.29 is 43.0 Å². The third-order valence-corrected chi connectivity index (χ3v) is 5.90. The molecule has 0 fully saturated rings. The molecule has 0 aromatic heterocycles. The van der Waals surface area contributed by atoms with E-state index in [-0.39, 0.29) is 47.2 Å². The first-order valence-electron chi connectivity index (χ1n) is 12.8. The van der Waals surface area contributed by atoms with Crippen molar-refractivity contribution >= 4 is 29.7 Å². The minimum atomic E-state index is -0.685. The number of hydrogen-bond donors (Lipinski definition) is 2. The standard InChI is InChI=1S/C29H30N4O10/c1-39-23-14-18(7-12-22(23)43-29(36)20-15-24(40-2)27(42-4)25(16-20)41-3)17-31-32-26(34)6-5-13-30-28(35)19-8-10-21(11-9-19)33(37)38/h7-12,14-17H,5-6,13H2,1-4H3,(H,30,35)(H,32,34). The monoisotopic (exact) mass is 594 g/mol. The van der Waals surface area contributed by atoms with E-state index in [2.05, 4.69) is 15.8 Å². The van der Waals surface area contributed by atoms with Crippen molar-refractivity contribution in [1.82, 2.24) is 10.7 Å². The van der Waals surface area contributed by atoms with E-state index in [1.165, 1.54) is 77.1 Å². The van der Waals surface area contributed by atoms with Crippen LogP contribution in [0.1, 0.15) is 39.1 Å². The van der Waals surface area contributed by atoms with Gasteiger partial charge in [-0.1, -0.05) is 0 Å². The Kier molecular flexibility index (Phi) is 11.4. The van der Waals surface area contributed by atoms with Gasteiger partial charge in [0.2, 0.25) is 11.7 Å². The van der Waals surface area contributed by atoms with Gasteiger partial charge in [0.1, 0.15) is 0 Å². The van der Waals surface area contributed by atoms with E-state index < -0.39 is 16.8 Å². The SMILES string of the molecule is COc1cc(C=NNC(=O)CCCNC(=O)c2ccc([N+](=O)[O-])cc2)ccc1OC(=O)c1cc(OC)c(OC)c(OC)c1. The summed E-state index contributed by atoms with van der Waals surface area (Å²) in [6, 6.07) is 12.8. The number of non-ortho nitro benzene ring substituents is 1. The van der Waals surface area contributed by atoms with Gasteiger partial charge in [-0.05, 0) is 54.4 Å². The topological polar surface area (TPSA) is 177 Å². The maximum absolute atomic E-state index is 12.9. The number of nitrogens with zero attached hydrogens (tertiary/aromatic N) is 2. The van der Waals surface area contributed by atoms with Crippen LogP contribution in [0.15, 0.2) is 59.7 Å². The molecule has 0 bridgehead atoms. The second-order valence-corrected chi connectivity index (χ2v) is 8.67. The number of hydrogen-bond acceptors (Lipinski definition) is 11. The van der Waals surface area contributed by atoms with E-state index in [9.17, 15) is 24.5 Å². The van der Waals surface area contributed by atoms with Gasteiger partial charge in [0.05, 0.1) is 45.1 Å². The lowest BCUT2D eigenvalue weighted by atomic mass is 10.1. The first-order valence-corrected chi connectivity index (χ1v) is 12.8. The lowest BCUT2D eigenvalue weighted by Gasteiger charge is -2.14. The minimum absolute atomic E-state index is 0.0943. The van der Waals surface area contributed by atoms with Crippen LogP contribution in [-0.4, -0.2) is 63.9 Å². The molecule has 0 unspecified atom stereocenters. The Balaban J connectivity index is 1.51. The molecule has 2 amide bonds. The van der Waals surface area contributed by atoms with Crippen molar-refractivity contribution in [2.75, 3.05) is 35.0 Å². The first-order chi connectivity index (χ1) is 20.7. The fourth-order valence-corrected chi connectivity index (χ4v) is 3.73. The molecule has 2 N–H and O–H groups in total. The van der Waals surface area contributed by atoms with Crippen LogP contribution in [0.3, 0.4) is 0 Å². The van der Waals surface area contributed by atoms with Crippen molar-refractivity contribution in [3.63, 3.8) is 0 Å². The second-order valence-electron chi connectivity index (χ2n) is 8.67. The van der Waals surface area contributed by atoms with Gasteiger partial charge in [-0.3, -0.25) is 19.7 Å². The van der Waals surface area contributed by atoms with Gasteiger partial charge in [0.25, 0.3) is 11.6 Å². The summed E-state index contributed by atoms with van der Waals surface area (Å²) in [5.74, 6) is -0.138. The van der Waals surface area contributed by atoms with Gasteiger partial charge in [0, 0.05) is 30.7 Å². The summed E-state index contributed by atoms with van der Waals surface area (Å²) < 4.78 is 26.7. The summed E-state index contributed by atoms with van der Waals surface area (Å²) in [5, 5.41) is 17.3. The summed E-state index contributed by atoms with van der Waals surface area (Å²) in [6.07, 6.45) is 1.83. The highest BCUT2D eigenvalue weighted by Crippen LogP contribution is 2.38. The number of methoxy groups -OCH3 is 4. The Morgan fingerprint density at radius 1 is 0.837 bits per heavy atom. The van der Waals surface area contributed by atoms with Crippen LogP contribution in [0.4, 0.5) is 5.69 Å². The fourth-order valence-electron chi connectivity index (χ4n) is 3.73.